The van der Waals surface area contributed by atoms with Gasteiger partial charge in [0.25, 0.3) is 0 Å². The minimum absolute atomic E-state index is 0.526. The lowest BCUT2D eigenvalue weighted by molar-refractivity contribution is 0.402. The molecule has 0 saturated heterocycles. The van der Waals surface area contributed by atoms with Crippen molar-refractivity contribution in [3.8, 4) is 0 Å². The first-order valence-electron chi connectivity index (χ1n) is 7.09. The molecule has 0 radical (unpaired) electrons. The third-order valence-corrected chi connectivity index (χ3v) is 5.18. The van der Waals surface area contributed by atoms with E-state index < -0.39 is 0 Å². The second-order valence-electron chi connectivity index (χ2n) is 5.38. The summed E-state index contributed by atoms with van der Waals surface area (Å²) in [5.41, 5.74) is 0. The molecule has 0 aliphatic heterocycles. The molecular weight excluding hydrogens is 226 g/mol. The van der Waals surface area contributed by atoms with Crippen molar-refractivity contribution in [2.45, 2.75) is 64.5 Å². The van der Waals surface area contributed by atoms with Gasteiger partial charge in [-0.3, -0.25) is 0 Å². The fourth-order valence-corrected chi connectivity index (χ4v) is 3.67. The Balaban J connectivity index is 1.82. The van der Waals surface area contributed by atoms with Crippen LogP contribution < -0.4 is 5.32 Å². The summed E-state index contributed by atoms with van der Waals surface area (Å²) in [5.74, 6) is 0.985. The average Bonchev–Trinajstić information content (AvgIpc) is 2.78. The van der Waals surface area contributed by atoms with Gasteiger partial charge in [-0.15, -0.1) is 11.3 Å². The van der Waals surface area contributed by atoms with E-state index in [1.165, 1.54) is 43.4 Å². The molecule has 0 aromatic carbocycles. The molecule has 1 nitrogen and oxygen atoms in total. The fraction of sp³-hybridized carbons (Fsp3) is 0.733. The average molecular weight is 251 g/mol. The first-order chi connectivity index (χ1) is 8.29. The Kier molecular flexibility index (Phi) is 5.05. The van der Waals surface area contributed by atoms with Crippen LogP contribution in [0.15, 0.2) is 17.5 Å². The van der Waals surface area contributed by atoms with Crippen LogP contribution in [0.2, 0.25) is 0 Å². The smallest absolute Gasteiger partial charge is 0.0388 e. The zero-order valence-corrected chi connectivity index (χ0v) is 11.9. The molecule has 96 valence electrons. The van der Waals surface area contributed by atoms with Gasteiger partial charge >= 0.3 is 0 Å². The Morgan fingerprint density at radius 2 is 2.24 bits per heavy atom. The highest BCUT2D eigenvalue weighted by Crippen LogP contribution is 2.27. The van der Waals surface area contributed by atoms with E-state index in [2.05, 4.69) is 36.7 Å². The van der Waals surface area contributed by atoms with Crippen molar-refractivity contribution in [1.82, 2.24) is 5.32 Å². The number of rotatable bonds is 4. The van der Waals surface area contributed by atoms with E-state index in [-0.39, 0.29) is 0 Å². The van der Waals surface area contributed by atoms with Crippen LogP contribution in [0.1, 0.15) is 63.3 Å². The second-order valence-corrected chi connectivity index (χ2v) is 6.36. The molecule has 3 atom stereocenters. The van der Waals surface area contributed by atoms with Crippen molar-refractivity contribution < 1.29 is 0 Å². The number of hydrogen-bond acceptors (Lipinski definition) is 2. The summed E-state index contributed by atoms with van der Waals surface area (Å²) < 4.78 is 0. The van der Waals surface area contributed by atoms with Crippen LogP contribution in [0.5, 0.6) is 0 Å². The van der Waals surface area contributed by atoms with Crippen LogP contribution in [0.25, 0.3) is 0 Å². The maximum atomic E-state index is 3.82. The van der Waals surface area contributed by atoms with Crippen LogP contribution in [0, 0.1) is 5.92 Å². The molecule has 1 heterocycles. The highest BCUT2D eigenvalue weighted by molar-refractivity contribution is 7.10. The number of hydrogen-bond donors (Lipinski definition) is 1. The van der Waals surface area contributed by atoms with Crippen molar-refractivity contribution in [1.29, 1.82) is 0 Å². The van der Waals surface area contributed by atoms with Crippen LogP contribution in [-0.4, -0.2) is 6.04 Å². The van der Waals surface area contributed by atoms with Gasteiger partial charge in [-0.05, 0) is 43.6 Å². The lowest BCUT2D eigenvalue weighted by Gasteiger charge is -2.21. The van der Waals surface area contributed by atoms with E-state index in [1.807, 2.05) is 11.3 Å². The van der Waals surface area contributed by atoms with Crippen molar-refractivity contribution in [3.63, 3.8) is 0 Å². The Labute approximate surface area is 110 Å². The quantitative estimate of drug-likeness (QED) is 0.761. The molecule has 1 aliphatic carbocycles. The predicted octanol–water partition coefficient (Wildman–Crippen LogP) is 4.76. The molecule has 1 aromatic heterocycles. The minimum Gasteiger partial charge on any atom is -0.307 e. The molecule has 1 saturated carbocycles. The van der Waals surface area contributed by atoms with E-state index in [9.17, 15) is 0 Å². The largest absolute Gasteiger partial charge is 0.307 e. The standard InChI is InChI=1S/C15H25NS/c1-3-13-6-4-7-14(10-9-13)16-12(2)15-8-5-11-17-15/h5,8,11-14,16H,3-4,6-7,9-10H2,1-2H3/t12-,13?,14?/m0/s1. The van der Waals surface area contributed by atoms with Crippen LogP contribution in [0.4, 0.5) is 0 Å². The van der Waals surface area contributed by atoms with E-state index in [4.69, 9.17) is 0 Å². The monoisotopic (exact) mass is 251 g/mol. The van der Waals surface area contributed by atoms with Gasteiger partial charge < -0.3 is 5.32 Å². The molecule has 17 heavy (non-hydrogen) atoms. The minimum atomic E-state index is 0.526. The van der Waals surface area contributed by atoms with E-state index in [0.717, 1.165) is 12.0 Å². The third-order valence-electron chi connectivity index (χ3n) is 4.12. The summed E-state index contributed by atoms with van der Waals surface area (Å²) in [6.45, 7) is 4.64. The van der Waals surface area contributed by atoms with Crippen LogP contribution >= 0.6 is 11.3 Å². The maximum Gasteiger partial charge on any atom is 0.0388 e. The fourth-order valence-electron chi connectivity index (χ4n) is 2.93. The maximum absolute atomic E-state index is 3.82. The van der Waals surface area contributed by atoms with Gasteiger partial charge in [0.05, 0.1) is 0 Å². The Morgan fingerprint density at radius 1 is 1.35 bits per heavy atom. The van der Waals surface area contributed by atoms with Gasteiger partial charge in [0, 0.05) is 17.0 Å². The van der Waals surface area contributed by atoms with E-state index >= 15 is 0 Å². The van der Waals surface area contributed by atoms with Crippen molar-refractivity contribution in [3.05, 3.63) is 22.4 Å². The van der Waals surface area contributed by atoms with E-state index in [1.54, 1.807) is 0 Å². The highest BCUT2D eigenvalue weighted by Gasteiger charge is 2.19. The summed E-state index contributed by atoms with van der Waals surface area (Å²) >= 11 is 1.87. The molecule has 1 aromatic rings. The van der Waals surface area contributed by atoms with Gasteiger partial charge in [0.2, 0.25) is 0 Å². The topological polar surface area (TPSA) is 12.0 Å². The Hall–Kier alpha value is -0.340. The lowest BCUT2D eigenvalue weighted by atomic mass is 9.98. The molecule has 0 amide bonds. The van der Waals surface area contributed by atoms with Crippen molar-refractivity contribution in [2.24, 2.45) is 5.92 Å². The first-order valence-corrected chi connectivity index (χ1v) is 7.97. The van der Waals surface area contributed by atoms with Crippen molar-refractivity contribution >= 4 is 11.3 Å². The van der Waals surface area contributed by atoms with Gasteiger partial charge in [-0.1, -0.05) is 32.3 Å². The summed E-state index contributed by atoms with van der Waals surface area (Å²) in [6, 6.07) is 5.66. The summed E-state index contributed by atoms with van der Waals surface area (Å²) in [7, 11) is 0. The molecule has 1 aliphatic rings. The zero-order chi connectivity index (χ0) is 12.1. The number of nitrogens with one attached hydrogen (secondary N) is 1. The first kappa shape index (κ1) is 13.1. The summed E-state index contributed by atoms with van der Waals surface area (Å²) in [4.78, 5) is 1.47. The Morgan fingerprint density at radius 3 is 2.94 bits per heavy atom. The number of thiophene rings is 1. The van der Waals surface area contributed by atoms with Gasteiger partial charge in [0.1, 0.15) is 0 Å². The molecule has 2 unspecified atom stereocenters. The molecule has 0 bridgehead atoms. The van der Waals surface area contributed by atoms with E-state index in [0.29, 0.717) is 6.04 Å². The molecule has 2 heteroatoms. The van der Waals surface area contributed by atoms with Gasteiger partial charge in [-0.2, -0.15) is 0 Å². The zero-order valence-electron chi connectivity index (χ0n) is 11.1. The molecule has 1 N–H and O–H groups in total. The second kappa shape index (κ2) is 6.55. The van der Waals surface area contributed by atoms with Gasteiger partial charge in [0.15, 0.2) is 0 Å². The Bertz CT molecular complexity index is 307. The SMILES string of the molecule is CCC1CCCC(N[C@@H](C)c2cccs2)CC1. The molecule has 2 rings (SSSR count). The predicted molar refractivity (Wildman–Crippen MR) is 76.5 cm³/mol. The van der Waals surface area contributed by atoms with Crippen molar-refractivity contribution in [2.75, 3.05) is 0 Å². The molecular formula is C15H25NS. The molecule has 1 fully saturated rings. The third kappa shape index (κ3) is 3.82. The molecule has 0 spiro atoms. The highest BCUT2D eigenvalue weighted by atomic mass is 32.1. The lowest BCUT2D eigenvalue weighted by Crippen LogP contribution is -2.30. The normalized spacial score (nSPS) is 27.6. The van der Waals surface area contributed by atoms with Gasteiger partial charge in [-0.25, -0.2) is 0 Å². The van der Waals surface area contributed by atoms with Crippen LogP contribution in [-0.2, 0) is 0 Å². The van der Waals surface area contributed by atoms with Crippen LogP contribution in [0.3, 0.4) is 0 Å². The summed E-state index contributed by atoms with van der Waals surface area (Å²) in [5, 5.41) is 5.99. The summed E-state index contributed by atoms with van der Waals surface area (Å²) in [6.07, 6.45) is 8.38.